The second-order valence-electron chi connectivity index (χ2n) is 7.18. The third-order valence-corrected chi connectivity index (χ3v) is 5.44. The van der Waals surface area contributed by atoms with E-state index in [4.69, 9.17) is 0 Å². The van der Waals surface area contributed by atoms with Crippen LogP contribution in [0.25, 0.3) is 10.8 Å². The number of nitrogens with one attached hydrogen (secondary N) is 1. The summed E-state index contributed by atoms with van der Waals surface area (Å²) in [4.78, 5) is 16.9. The van der Waals surface area contributed by atoms with Gasteiger partial charge in [-0.1, -0.05) is 30.3 Å². The molecule has 0 aliphatic carbocycles. The molecule has 0 bridgehead atoms. The van der Waals surface area contributed by atoms with Crippen molar-refractivity contribution in [3.05, 3.63) is 47.5 Å². The molecule has 0 spiro atoms. The van der Waals surface area contributed by atoms with Crippen LogP contribution < -0.4 is 5.32 Å². The predicted molar refractivity (Wildman–Crippen MR) is 104 cm³/mol. The van der Waals surface area contributed by atoms with E-state index in [9.17, 15) is 10.1 Å². The molecule has 2 aromatic rings. The molecule has 1 N–H and O–H groups in total. The Labute approximate surface area is 155 Å². The van der Waals surface area contributed by atoms with Crippen LogP contribution in [0.2, 0.25) is 0 Å². The van der Waals surface area contributed by atoms with E-state index in [0.717, 1.165) is 42.3 Å². The van der Waals surface area contributed by atoms with Crippen LogP contribution in [0.1, 0.15) is 36.9 Å². The second kappa shape index (κ2) is 7.76. The van der Waals surface area contributed by atoms with Gasteiger partial charge in [-0.3, -0.25) is 0 Å². The van der Waals surface area contributed by atoms with E-state index in [1.54, 1.807) is 0 Å². The summed E-state index contributed by atoms with van der Waals surface area (Å²) in [5.41, 5.74) is 1.69. The Balaban J connectivity index is 1.76. The molecule has 5 nitrogen and oxygen atoms in total. The molecule has 1 unspecified atom stereocenters. The van der Waals surface area contributed by atoms with Gasteiger partial charge in [0.25, 0.3) is 0 Å². The van der Waals surface area contributed by atoms with Crippen LogP contribution in [0.15, 0.2) is 36.4 Å². The highest BCUT2D eigenvalue weighted by Crippen LogP contribution is 2.27. The van der Waals surface area contributed by atoms with Crippen molar-refractivity contribution < 1.29 is 4.79 Å². The number of nitrogens with zero attached hydrogens (tertiary/aromatic N) is 3. The van der Waals surface area contributed by atoms with E-state index < -0.39 is 0 Å². The lowest BCUT2D eigenvalue weighted by molar-refractivity contribution is 0.146. The van der Waals surface area contributed by atoms with Crippen LogP contribution in [-0.4, -0.2) is 49.1 Å². The Morgan fingerprint density at radius 1 is 1.23 bits per heavy atom. The van der Waals surface area contributed by atoms with Crippen LogP contribution in [0.3, 0.4) is 0 Å². The monoisotopic (exact) mass is 350 g/mol. The molecule has 0 radical (unpaired) electrons. The van der Waals surface area contributed by atoms with Crippen molar-refractivity contribution >= 4 is 16.8 Å². The van der Waals surface area contributed by atoms with Gasteiger partial charge in [-0.15, -0.1) is 0 Å². The molecule has 136 valence electrons. The largest absolute Gasteiger partial charge is 0.331 e. The number of rotatable bonds is 3. The number of likely N-dealkylation sites (tertiary alicyclic amines) is 1. The zero-order valence-electron chi connectivity index (χ0n) is 15.7. The van der Waals surface area contributed by atoms with Gasteiger partial charge in [0.2, 0.25) is 0 Å². The number of fused-ring (bicyclic) bond motifs is 1. The first-order valence-electron chi connectivity index (χ1n) is 9.15. The average Bonchev–Trinajstić information content (AvgIpc) is 2.67. The topological polar surface area (TPSA) is 59.4 Å². The first kappa shape index (κ1) is 18.2. The smallest absolute Gasteiger partial charge is 0.317 e. The van der Waals surface area contributed by atoms with E-state index in [1.807, 2.05) is 55.3 Å². The molecule has 5 heteroatoms. The summed E-state index contributed by atoms with van der Waals surface area (Å²) >= 11 is 0. The number of piperidine rings is 1. The molecule has 1 saturated heterocycles. The van der Waals surface area contributed by atoms with E-state index in [2.05, 4.69) is 23.3 Å². The Hall–Kier alpha value is -2.58. The molecule has 3 rings (SSSR count). The van der Waals surface area contributed by atoms with Gasteiger partial charge in [-0.2, -0.15) is 5.26 Å². The number of benzene rings is 2. The van der Waals surface area contributed by atoms with Gasteiger partial charge in [-0.05, 0) is 62.3 Å². The molecule has 1 atom stereocenters. The SMILES string of the molecule is CC(NC(=O)N(C)C1CCN(C)CC1)c1ccc(C#N)c2ccccc12. The molecule has 2 aromatic carbocycles. The third kappa shape index (κ3) is 3.66. The van der Waals surface area contributed by atoms with E-state index in [0.29, 0.717) is 5.56 Å². The number of amides is 2. The van der Waals surface area contributed by atoms with Crippen molar-refractivity contribution in [3.63, 3.8) is 0 Å². The zero-order valence-corrected chi connectivity index (χ0v) is 15.7. The lowest BCUT2D eigenvalue weighted by Gasteiger charge is -2.35. The minimum Gasteiger partial charge on any atom is -0.331 e. The van der Waals surface area contributed by atoms with Crippen molar-refractivity contribution in [2.75, 3.05) is 27.2 Å². The molecule has 26 heavy (non-hydrogen) atoms. The Bertz CT molecular complexity index is 834. The van der Waals surface area contributed by atoms with Crippen molar-refractivity contribution in [3.8, 4) is 6.07 Å². The number of nitriles is 1. The fourth-order valence-corrected chi connectivity index (χ4v) is 3.71. The van der Waals surface area contributed by atoms with Gasteiger partial charge < -0.3 is 15.1 Å². The predicted octanol–water partition coefficient (Wildman–Crippen LogP) is 3.51. The maximum absolute atomic E-state index is 12.7. The maximum atomic E-state index is 12.7. The fourth-order valence-electron chi connectivity index (χ4n) is 3.71. The van der Waals surface area contributed by atoms with E-state index in [-0.39, 0.29) is 18.1 Å². The number of carbonyl (C=O) groups is 1. The van der Waals surface area contributed by atoms with Gasteiger partial charge in [0.15, 0.2) is 0 Å². The van der Waals surface area contributed by atoms with Gasteiger partial charge >= 0.3 is 6.03 Å². The van der Waals surface area contributed by atoms with Crippen LogP contribution in [0.5, 0.6) is 0 Å². The van der Waals surface area contributed by atoms with Crippen molar-refractivity contribution in [2.24, 2.45) is 0 Å². The van der Waals surface area contributed by atoms with Gasteiger partial charge in [-0.25, -0.2) is 4.79 Å². The zero-order chi connectivity index (χ0) is 18.7. The van der Waals surface area contributed by atoms with Gasteiger partial charge in [0.05, 0.1) is 17.7 Å². The summed E-state index contributed by atoms with van der Waals surface area (Å²) in [7, 11) is 4.00. The molecule has 1 aliphatic rings. The summed E-state index contributed by atoms with van der Waals surface area (Å²) in [5, 5.41) is 14.4. The Morgan fingerprint density at radius 3 is 2.54 bits per heavy atom. The first-order valence-corrected chi connectivity index (χ1v) is 9.15. The molecular weight excluding hydrogens is 324 g/mol. The Morgan fingerprint density at radius 2 is 1.88 bits per heavy atom. The molecule has 2 amide bonds. The highest BCUT2D eigenvalue weighted by molar-refractivity contribution is 5.91. The summed E-state index contributed by atoms with van der Waals surface area (Å²) in [6.45, 7) is 4.05. The minimum atomic E-state index is -0.131. The molecular formula is C21H26N4O. The minimum absolute atomic E-state index is 0.0412. The fraction of sp³-hybridized carbons (Fsp3) is 0.429. The van der Waals surface area contributed by atoms with E-state index in [1.165, 1.54) is 0 Å². The summed E-state index contributed by atoms with van der Waals surface area (Å²) < 4.78 is 0. The van der Waals surface area contributed by atoms with Gasteiger partial charge in [0.1, 0.15) is 0 Å². The highest BCUT2D eigenvalue weighted by atomic mass is 16.2. The third-order valence-electron chi connectivity index (χ3n) is 5.44. The number of urea groups is 1. The summed E-state index contributed by atoms with van der Waals surface area (Å²) in [5.74, 6) is 0. The number of hydrogen-bond donors (Lipinski definition) is 1. The van der Waals surface area contributed by atoms with Crippen molar-refractivity contribution in [1.29, 1.82) is 5.26 Å². The van der Waals surface area contributed by atoms with Gasteiger partial charge in [0, 0.05) is 13.1 Å². The standard InChI is InChI=1S/C21H26N4O/c1-15(23-21(26)25(3)17-10-12-24(2)13-11-17)18-9-8-16(14-22)19-6-4-5-7-20(18)19/h4-9,15,17H,10-13H2,1-3H3,(H,23,26). The number of hydrogen-bond acceptors (Lipinski definition) is 3. The quantitative estimate of drug-likeness (QED) is 0.921. The average molecular weight is 350 g/mol. The van der Waals surface area contributed by atoms with Crippen LogP contribution in [-0.2, 0) is 0 Å². The normalized spacial score (nSPS) is 16.8. The molecule has 0 aromatic heterocycles. The first-order chi connectivity index (χ1) is 12.5. The van der Waals surface area contributed by atoms with E-state index >= 15 is 0 Å². The summed E-state index contributed by atoms with van der Waals surface area (Å²) in [6.07, 6.45) is 2.02. The lowest BCUT2D eigenvalue weighted by Crippen LogP contribution is -2.48. The van der Waals surface area contributed by atoms with Crippen LogP contribution >= 0.6 is 0 Å². The Kier molecular flexibility index (Phi) is 5.43. The highest BCUT2D eigenvalue weighted by Gasteiger charge is 2.25. The van der Waals surface area contributed by atoms with Crippen LogP contribution in [0, 0.1) is 11.3 Å². The van der Waals surface area contributed by atoms with Crippen molar-refractivity contribution in [2.45, 2.75) is 31.8 Å². The number of carbonyl (C=O) groups excluding carboxylic acids is 1. The lowest BCUT2D eigenvalue weighted by atomic mass is 9.96. The molecule has 0 saturated carbocycles. The maximum Gasteiger partial charge on any atom is 0.317 e. The molecule has 1 fully saturated rings. The van der Waals surface area contributed by atoms with Crippen molar-refractivity contribution in [1.82, 2.24) is 15.1 Å². The molecule has 1 heterocycles. The van der Waals surface area contributed by atoms with Crippen LogP contribution in [0.4, 0.5) is 4.79 Å². The second-order valence-corrected chi connectivity index (χ2v) is 7.18. The molecule has 1 aliphatic heterocycles. The summed E-state index contributed by atoms with van der Waals surface area (Å²) in [6, 6.07) is 14.0.